The first-order valence-electron chi connectivity index (χ1n) is 13.0. The van der Waals surface area contributed by atoms with Crippen molar-refractivity contribution < 1.29 is 23.9 Å². The lowest BCUT2D eigenvalue weighted by Gasteiger charge is -2.41. The molecule has 1 atom stereocenters. The Balaban J connectivity index is 1.42. The van der Waals surface area contributed by atoms with Gasteiger partial charge in [0, 0.05) is 58.1 Å². The Morgan fingerprint density at radius 2 is 1.62 bits per heavy atom. The van der Waals surface area contributed by atoms with E-state index in [1.807, 2.05) is 54.3 Å². The van der Waals surface area contributed by atoms with Crippen LogP contribution in [-0.4, -0.2) is 80.9 Å². The molecule has 0 radical (unpaired) electrons. The van der Waals surface area contributed by atoms with Gasteiger partial charge in [-0.25, -0.2) is 4.79 Å². The molecule has 1 unspecified atom stereocenters. The second kappa shape index (κ2) is 10.9. The van der Waals surface area contributed by atoms with E-state index < -0.39 is 6.09 Å². The average Bonchev–Trinajstić information content (AvgIpc) is 2.93. The smallest absolute Gasteiger partial charge is 0.414 e. The molecule has 1 N–H and O–H groups in total. The third kappa shape index (κ3) is 5.33. The van der Waals surface area contributed by atoms with Gasteiger partial charge in [0.05, 0.1) is 30.6 Å². The Hall–Kier alpha value is -3.43. The number of hydrogen-bond acceptors (Lipinski definition) is 6. The number of carbonyl (C=O) groups excluding carboxylic acids is 3. The predicted molar refractivity (Wildman–Crippen MR) is 141 cm³/mol. The summed E-state index contributed by atoms with van der Waals surface area (Å²) in [6.45, 7) is 8.01. The van der Waals surface area contributed by atoms with Crippen LogP contribution in [0.5, 0.6) is 0 Å². The quantitative estimate of drug-likeness (QED) is 0.687. The van der Waals surface area contributed by atoms with Crippen molar-refractivity contribution in [3.8, 4) is 11.1 Å². The summed E-state index contributed by atoms with van der Waals surface area (Å²) in [5.74, 6) is -0.0404. The van der Waals surface area contributed by atoms with Crippen LogP contribution in [-0.2, 0) is 14.3 Å². The molecule has 3 amide bonds. The third-order valence-corrected chi connectivity index (χ3v) is 7.28. The lowest BCUT2D eigenvalue weighted by Crippen LogP contribution is -2.52. The molecule has 2 fully saturated rings. The van der Waals surface area contributed by atoms with Crippen LogP contribution in [0.25, 0.3) is 11.1 Å². The number of nitrogens with one attached hydrogen (secondary N) is 1. The molecular weight excluding hydrogens is 472 g/mol. The molecule has 9 heteroatoms. The molecule has 0 saturated carbocycles. The number of nitrogens with zero attached hydrogens (tertiary/aromatic N) is 3. The molecule has 9 nitrogen and oxygen atoms in total. The summed E-state index contributed by atoms with van der Waals surface area (Å²) in [4.78, 5) is 43.9. The number of hydrogen-bond donors (Lipinski definition) is 1. The second-order valence-corrected chi connectivity index (χ2v) is 9.87. The van der Waals surface area contributed by atoms with Gasteiger partial charge in [0.25, 0.3) is 5.91 Å². The van der Waals surface area contributed by atoms with Crippen LogP contribution < -0.4 is 15.1 Å². The van der Waals surface area contributed by atoms with Crippen LogP contribution in [0.3, 0.4) is 0 Å². The predicted octanol–water partition coefficient (Wildman–Crippen LogP) is 3.28. The van der Waals surface area contributed by atoms with Crippen molar-refractivity contribution >= 4 is 29.3 Å². The highest BCUT2D eigenvalue weighted by Crippen LogP contribution is 2.39. The summed E-state index contributed by atoms with van der Waals surface area (Å²) in [7, 11) is 0. The van der Waals surface area contributed by atoms with Crippen LogP contribution in [0.4, 0.5) is 16.2 Å². The molecule has 2 aromatic carbocycles. The normalized spacial score (nSPS) is 20.4. The Morgan fingerprint density at radius 3 is 2.30 bits per heavy atom. The summed E-state index contributed by atoms with van der Waals surface area (Å²) in [6, 6.07) is 13.1. The highest BCUT2D eigenvalue weighted by Gasteiger charge is 2.35. The summed E-state index contributed by atoms with van der Waals surface area (Å²) in [5, 5.41) is 3.26. The topological polar surface area (TPSA) is 91.4 Å². The number of carbonyl (C=O) groups is 3. The number of rotatable bonds is 3. The van der Waals surface area contributed by atoms with E-state index in [0.29, 0.717) is 62.6 Å². The highest BCUT2D eigenvalue weighted by atomic mass is 16.6. The summed E-state index contributed by atoms with van der Waals surface area (Å²) >= 11 is 0. The largest absolute Gasteiger partial charge is 0.446 e. The molecule has 5 rings (SSSR count). The van der Waals surface area contributed by atoms with Gasteiger partial charge in [-0.15, -0.1) is 0 Å². The van der Waals surface area contributed by atoms with Crippen molar-refractivity contribution in [2.24, 2.45) is 0 Å². The van der Waals surface area contributed by atoms with Crippen molar-refractivity contribution in [2.45, 2.75) is 38.8 Å². The number of fused-ring (bicyclic) bond motifs is 1. The van der Waals surface area contributed by atoms with E-state index in [9.17, 15) is 14.4 Å². The van der Waals surface area contributed by atoms with Crippen molar-refractivity contribution in [1.29, 1.82) is 0 Å². The maximum absolute atomic E-state index is 13.3. The SMILES string of the molecule is CC(=O)N1c2ccc(-c3ccc(C(=O)N4CCNCC4)cc3)cc2N(C(=O)OC2CCOCC2)CC1C. The monoisotopic (exact) mass is 506 g/mol. The van der Waals surface area contributed by atoms with E-state index in [1.54, 1.807) is 16.7 Å². The molecular formula is C28H34N4O5. The first kappa shape index (κ1) is 25.2. The zero-order valence-corrected chi connectivity index (χ0v) is 21.4. The van der Waals surface area contributed by atoms with Gasteiger partial charge in [0.15, 0.2) is 0 Å². The van der Waals surface area contributed by atoms with Gasteiger partial charge in [-0.1, -0.05) is 18.2 Å². The van der Waals surface area contributed by atoms with E-state index in [2.05, 4.69) is 5.32 Å². The van der Waals surface area contributed by atoms with Gasteiger partial charge >= 0.3 is 6.09 Å². The van der Waals surface area contributed by atoms with Crippen molar-refractivity contribution in [3.63, 3.8) is 0 Å². The first-order valence-corrected chi connectivity index (χ1v) is 13.0. The van der Waals surface area contributed by atoms with Gasteiger partial charge in [0.1, 0.15) is 6.10 Å². The molecule has 2 saturated heterocycles. The Bertz CT molecular complexity index is 1160. The van der Waals surface area contributed by atoms with Crippen LogP contribution in [0.1, 0.15) is 37.0 Å². The molecule has 3 aliphatic rings. The fourth-order valence-corrected chi connectivity index (χ4v) is 5.31. The number of piperazine rings is 1. The minimum Gasteiger partial charge on any atom is -0.446 e. The van der Waals surface area contributed by atoms with Gasteiger partial charge in [0.2, 0.25) is 5.91 Å². The van der Waals surface area contributed by atoms with Crippen molar-refractivity contribution in [1.82, 2.24) is 10.2 Å². The fraction of sp³-hybridized carbons (Fsp3) is 0.464. The number of ether oxygens (including phenoxy) is 2. The van der Waals surface area contributed by atoms with E-state index in [1.165, 1.54) is 0 Å². The lowest BCUT2D eigenvalue weighted by molar-refractivity contribution is -0.117. The number of anilines is 2. The van der Waals surface area contributed by atoms with Crippen LogP contribution in [0.2, 0.25) is 0 Å². The molecule has 2 aromatic rings. The Morgan fingerprint density at radius 1 is 0.946 bits per heavy atom. The number of amides is 3. The average molecular weight is 507 g/mol. The number of benzene rings is 2. The van der Waals surface area contributed by atoms with E-state index in [4.69, 9.17) is 9.47 Å². The van der Waals surface area contributed by atoms with Crippen LogP contribution >= 0.6 is 0 Å². The fourth-order valence-electron chi connectivity index (χ4n) is 5.31. The zero-order valence-electron chi connectivity index (χ0n) is 21.4. The van der Waals surface area contributed by atoms with Crippen molar-refractivity contribution in [3.05, 3.63) is 48.0 Å². The summed E-state index contributed by atoms with van der Waals surface area (Å²) in [6.07, 6.45) is 0.786. The molecule has 3 aliphatic heterocycles. The molecule has 37 heavy (non-hydrogen) atoms. The van der Waals surface area contributed by atoms with Gasteiger partial charge in [-0.3, -0.25) is 14.5 Å². The Kier molecular flexibility index (Phi) is 7.43. The molecule has 0 aliphatic carbocycles. The van der Waals surface area contributed by atoms with E-state index in [0.717, 1.165) is 24.2 Å². The maximum Gasteiger partial charge on any atom is 0.414 e. The second-order valence-electron chi connectivity index (χ2n) is 9.87. The van der Waals surface area contributed by atoms with E-state index in [-0.39, 0.29) is 24.0 Å². The Labute approximate surface area is 217 Å². The van der Waals surface area contributed by atoms with Gasteiger partial charge in [-0.05, 0) is 42.3 Å². The minimum absolute atomic E-state index is 0.0339. The van der Waals surface area contributed by atoms with Crippen LogP contribution in [0.15, 0.2) is 42.5 Å². The summed E-state index contributed by atoms with van der Waals surface area (Å²) < 4.78 is 11.2. The van der Waals surface area contributed by atoms with Gasteiger partial charge < -0.3 is 24.6 Å². The lowest BCUT2D eigenvalue weighted by atomic mass is 9.99. The molecule has 0 bridgehead atoms. The van der Waals surface area contributed by atoms with E-state index >= 15 is 0 Å². The third-order valence-electron chi connectivity index (χ3n) is 7.28. The van der Waals surface area contributed by atoms with Gasteiger partial charge in [-0.2, -0.15) is 0 Å². The summed E-state index contributed by atoms with van der Waals surface area (Å²) in [5.41, 5.74) is 3.79. The first-order chi connectivity index (χ1) is 17.9. The zero-order chi connectivity index (χ0) is 25.9. The van der Waals surface area contributed by atoms with Crippen LogP contribution in [0, 0.1) is 0 Å². The minimum atomic E-state index is -0.405. The standard InChI is InChI=1S/C28H34N4O5/c1-19-18-31(28(35)37-24-9-15-36-16-10-24)26-17-23(7-8-25(26)32(19)20(2)33)21-3-5-22(6-4-21)27(34)30-13-11-29-12-14-30/h3-8,17,19,24,29H,9-16,18H2,1-2H3. The molecule has 196 valence electrons. The molecule has 0 aromatic heterocycles. The molecule has 3 heterocycles. The highest BCUT2D eigenvalue weighted by molar-refractivity contribution is 6.03. The maximum atomic E-state index is 13.3. The molecule has 0 spiro atoms. The van der Waals surface area contributed by atoms with Crippen molar-refractivity contribution in [2.75, 3.05) is 55.7 Å².